The van der Waals surface area contributed by atoms with Crippen LogP contribution in [0.2, 0.25) is 0 Å². The Kier molecular flexibility index (Phi) is 7.27. The Morgan fingerprint density at radius 3 is 2.83 bits per heavy atom. The second-order valence-electron chi connectivity index (χ2n) is 7.79. The Bertz CT molecular complexity index is 823. The van der Waals surface area contributed by atoms with Gasteiger partial charge in [0.1, 0.15) is 5.82 Å². The van der Waals surface area contributed by atoms with Gasteiger partial charge in [0.2, 0.25) is 5.91 Å². The zero-order valence-corrected chi connectivity index (χ0v) is 17.7. The van der Waals surface area contributed by atoms with Crippen LogP contribution < -0.4 is 11.1 Å². The molecule has 0 unspecified atom stereocenters. The van der Waals surface area contributed by atoms with Gasteiger partial charge in [-0.2, -0.15) is 5.10 Å². The van der Waals surface area contributed by atoms with E-state index in [1.54, 1.807) is 12.1 Å². The molecular weight excluding hydrogens is 390 g/mol. The number of benzene rings is 1. The standard InChI is InChI=1S/C21H29N5O2.ClH/c1-2-3-11-26-21(16-8-9-18-17(13-16)23-10-12-28-18)24-20(25-26)15-6-4-14(5-7-15)19(22)27;/h4-7,16-18,23H,2-3,8-13H2,1H3,(H2,22,27);1H/t16-,17+,18+;/m0./s1. The molecule has 1 aliphatic heterocycles. The van der Waals surface area contributed by atoms with Gasteiger partial charge in [-0.1, -0.05) is 25.5 Å². The zero-order valence-electron chi connectivity index (χ0n) is 16.8. The molecule has 1 saturated carbocycles. The van der Waals surface area contributed by atoms with Crippen molar-refractivity contribution in [3.63, 3.8) is 0 Å². The Labute approximate surface area is 177 Å². The molecule has 2 aliphatic rings. The molecule has 1 aliphatic carbocycles. The minimum Gasteiger partial charge on any atom is -0.375 e. The molecule has 4 rings (SSSR count). The largest absolute Gasteiger partial charge is 0.375 e. The number of carbonyl (C=O) groups is 1. The SMILES string of the molecule is CCCCn1nc(-c2ccc(C(N)=O)cc2)nc1[C@H]1CC[C@H]2OCCN[C@@H]2C1.Cl. The first kappa shape index (κ1) is 21.7. The first-order valence-corrected chi connectivity index (χ1v) is 10.4. The number of hydrogen-bond donors (Lipinski definition) is 2. The van der Waals surface area contributed by atoms with Gasteiger partial charge in [0, 0.05) is 36.2 Å². The molecule has 1 aromatic heterocycles. The van der Waals surface area contributed by atoms with E-state index in [0.717, 1.165) is 69.0 Å². The number of morpholine rings is 1. The van der Waals surface area contributed by atoms with Crippen LogP contribution in [0.25, 0.3) is 11.4 Å². The second-order valence-corrected chi connectivity index (χ2v) is 7.79. The van der Waals surface area contributed by atoms with Crippen LogP contribution in [0.5, 0.6) is 0 Å². The maximum Gasteiger partial charge on any atom is 0.248 e. The van der Waals surface area contributed by atoms with Gasteiger partial charge < -0.3 is 15.8 Å². The predicted molar refractivity (Wildman–Crippen MR) is 114 cm³/mol. The fourth-order valence-electron chi connectivity index (χ4n) is 4.28. The third kappa shape index (κ3) is 4.79. The van der Waals surface area contributed by atoms with E-state index in [2.05, 4.69) is 16.9 Å². The van der Waals surface area contributed by atoms with Gasteiger partial charge in [-0.15, -0.1) is 12.4 Å². The van der Waals surface area contributed by atoms with Crippen molar-refractivity contribution in [1.29, 1.82) is 0 Å². The number of fused-ring (bicyclic) bond motifs is 1. The molecule has 8 heteroatoms. The van der Waals surface area contributed by atoms with Gasteiger partial charge in [-0.3, -0.25) is 4.79 Å². The number of aromatic nitrogens is 3. The fourth-order valence-corrected chi connectivity index (χ4v) is 4.28. The van der Waals surface area contributed by atoms with E-state index in [0.29, 0.717) is 23.6 Å². The minimum atomic E-state index is -0.423. The summed E-state index contributed by atoms with van der Waals surface area (Å²) < 4.78 is 8.02. The van der Waals surface area contributed by atoms with Crippen molar-refractivity contribution in [1.82, 2.24) is 20.1 Å². The lowest BCUT2D eigenvalue weighted by Gasteiger charge is -2.39. The number of unbranched alkanes of at least 4 members (excludes halogenated alkanes) is 1. The van der Waals surface area contributed by atoms with E-state index in [-0.39, 0.29) is 12.4 Å². The number of nitrogens with zero attached hydrogens (tertiary/aromatic N) is 3. The average molecular weight is 420 g/mol. The van der Waals surface area contributed by atoms with Crippen molar-refractivity contribution in [2.24, 2.45) is 5.73 Å². The van der Waals surface area contributed by atoms with Crippen molar-refractivity contribution in [3.8, 4) is 11.4 Å². The highest BCUT2D eigenvalue weighted by Crippen LogP contribution is 2.35. The monoisotopic (exact) mass is 419 g/mol. The third-order valence-corrected chi connectivity index (χ3v) is 5.84. The highest BCUT2D eigenvalue weighted by atomic mass is 35.5. The quantitative estimate of drug-likeness (QED) is 0.750. The molecule has 0 bridgehead atoms. The number of nitrogens with one attached hydrogen (secondary N) is 1. The number of halogens is 1. The van der Waals surface area contributed by atoms with E-state index >= 15 is 0 Å². The number of hydrogen-bond acceptors (Lipinski definition) is 5. The van der Waals surface area contributed by atoms with E-state index < -0.39 is 5.91 Å². The van der Waals surface area contributed by atoms with Gasteiger partial charge >= 0.3 is 0 Å². The molecule has 3 N–H and O–H groups in total. The predicted octanol–water partition coefficient (Wildman–Crippen LogP) is 2.89. The summed E-state index contributed by atoms with van der Waals surface area (Å²) in [7, 11) is 0. The molecular formula is C21H30ClN5O2. The van der Waals surface area contributed by atoms with Crippen LogP contribution in [0.15, 0.2) is 24.3 Å². The molecule has 158 valence electrons. The molecule has 1 aromatic carbocycles. The molecule has 7 nitrogen and oxygen atoms in total. The van der Waals surface area contributed by atoms with Crippen LogP contribution in [0.3, 0.4) is 0 Å². The number of ether oxygens (including phenoxy) is 1. The Morgan fingerprint density at radius 2 is 2.10 bits per heavy atom. The van der Waals surface area contributed by atoms with Gasteiger partial charge in [-0.05, 0) is 37.8 Å². The zero-order chi connectivity index (χ0) is 19.5. The third-order valence-electron chi connectivity index (χ3n) is 5.84. The minimum absolute atomic E-state index is 0. The molecule has 1 saturated heterocycles. The van der Waals surface area contributed by atoms with Crippen LogP contribution in [0.1, 0.15) is 61.1 Å². The fraction of sp³-hybridized carbons (Fsp3) is 0.571. The number of aryl methyl sites for hydroxylation is 1. The normalized spacial score (nSPS) is 23.8. The Balaban J connectivity index is 0.00000240. The van der Waals surface area contributed by atoms with Crippen LogP contribution >= 0.6 is 12.4 Å². The van der Waals surface area contributed by atoms with E-state index in [1.807, 2.05) is 12.1 Å². The summed E-state index contributed by atoms with van der Waals surface area (Å²) in [5.74, 6) is 1.76. The number of carbonyl (C=O) groups excluding carboxylic acids is 1. The van der Waals surface area contributed by atoms with Gasteiger partial charge in [-0.25, -0.2) is 9.67 Å². The van der Waals surface area contributed by atoms with E-state index in [4.69, 9.17) is 20.6 Å². The maximum atomic E-state index is 11.3. The molecule has 0 radical (unpaired) electrons. The lowest BCUT2D eigenvalue weighted by atomic mass is 9.82. The molecule has 2 fully saturated rings. The first-order chi connectivity index (χ1) is 13.7. The van der Waals surface area contributed by atoms with Crippen molar-refractivity contribution >= 4 is 18.3 Å². The summed E-state index contributed by atoms with van der Waals surface area (Å²) >= 11 is 0. The summed E-state index contributed by atoms with van der Waals surface area (Å²) in [6, 6.07) is 7.62. The summed E-state index contributed by atoms with van der Waals surface area (Å²) in [6.45, 7) is 4.80. The lowest BCUT2D eigenvalue weighted by Crippen LogP contribution is -2.51. The molecule has 29 heavy (non-hydrogen) atoms. The average Bonchev–Trinajstić information content (AvgIpc) is 3.16. The second kappa shape index (κ2) is 9.69. The van der Waals surface area contributed by atoms with Crippen molar-refractivity contribution in [2.75, 3.05) is 13.2 Å². The highest BCUT2D eigenvalue weighted by molar-refractivity contribution is 5.93. The Hall–Kier alpha value is -1.96. The van der Waals surface area contributed by atoms with Crippen LogP contribution in [0.4, 0.5) is 0 Å². The summed E-state index contributed by atoms with van der Waals surface area (Å²) in [5, 5.41) is 8.42. The molecule has 3 atom stereocenters. The number of nitrogens with two attached hydrogens (primary N) is 1. The maximum absolute atomic E-state index is 11.3. The van der Waals surface area contributed by atoms with Gasteiger partial charge in [0.05, 0.1) is 12.7 Å². The van der Waals surface area contributed by atoms with Crippen LogP contribution in [0, 0.1) is 0 Å². The lowest BCUT2D eigenvalue weighted by molar-refractivity contribution is -0.0282. The number of rotatable bonds is 6. The van der Waals surface area contributed by atoms with Gasteiger partial charge in [0.15, 0.2) is 5.82 Å². The first-order valence-electron chi connectivity index (χ1n) is 10.4. The van der Waals surface area contributed by atoms with Crippen molar-refractivity contribution < 1.29 is 9.53 Å². The van der Waals surface area contributed by atoms with Gasteiger partial charge in [0.25, 0.3) is 0 Å². The van der Waals surface area contributed by atoms with E-state index in [9.17, 15) is 4.79 Å². The molecule has 2 aromatic rings. The summed E-state index contributed by atoms with van der Waals surface area (Å²) in [5.41, 5.74) is 6.75. The molecule has 2 heterocycles. The smallest absolute Gasteiger partial charge is 0.248 e. The van der Waals surface area contributed by atoms with Crippen LogP contribution in [-0.2, 0) is 11.3 Å². The highest BCUT2D eigenvalue weighted by Gasteiger charge is 2.35. The topological polar surface area (TPSA) is 95.1 Å². The van der Waals surface area contributed by atoms with Crippen molar-refractivity contribution in [3.05, 3.63) is 35.7 Å². The van der Waals surface area contributed by atoms with Crippen LogP contribution in [-0.4, -0.2) is 46.0 Å². The molecule has 1 amide bonds. The number of amides is 1. The molecule has 0 spiro atoms. The number of primary amides is 1. The Morgan fingerprint density at radius 1 is 1.31 bits per heavy atom. The van der Waals surface area contributed by atoms with E-state index in [1.165, 1.54) is 0 Å². The van der Waals surface area contributed by atoms with Crippen molar-refractivity contribution in [2.45, 2.75) is 63.6 Å². The summed E-state index contributed by atoms with van der Waals surface area (Å²) in [6.07, 6.45) is 5.70. The summed E-state index contributed by atoms with van der Waals surface area (Å²) in [4.78, 5) is 16.3.